The summed E-state index contributed by atoms with van der Waals surface area (Å²) in [6, 6.07) is 17.2. The van der Waals surface area contributed by atoms with E-state index in [0.717, 1.165) is 0 Å². The average Bonchev–Trinajstić information content (AvgIpc) is 2.77. The Morgan fingerprint density at radius 3 is 2.33 bits per heavy atom. The summed E-state index contributed by atoms with van der Waals surface area (Å²) in [5.74, 6) is -0.416. The summed E-state index contributed by atoms with van der Waals surface area (Å²) >= 11 is 18.5. The van der Waals surface area contributed by atoms with Crippen molar-refractivity contribution in [1.29, 1.82) is 5.26 Å². The molecule has 0 fully saturated rings. The predicted octanol–water partition coefficient (Wildman–Crippen LogP) is 6.68. The van der Waals surface area contributed by atoms with Crippen LogP contribution in [0.4, 0.5) is 11.4 Å². The summed E-state index contributed by atoms with van der Waals surface area (Å²) in [5, 5.41) is 23.5. The number of hydrogen-bond donors (Lipinski definition) is 1. The second kappa shape index (κ2) is 10.8. The van der Waals surface area contributed by atoms with E-state index in [-0.39, 0.29) is 33.7 Å². The molecule has 0 unspecified atom stereocenters. The standard InChI is InChI=1S/C23H14Cl3N3O4/c24-17-2-1-3-18(11-17)28-23(30)16(12-27)8-15-9-20(25)22(21(26)10-15)33-13-14-4-6-19(7-5-14)29(31)32/h1-11H,13H2,(H,28,30)/b16-8+. The molecular formula is C23H14Cl3N3O4. The van der Waals surface area contributed by atoms with Gasteiger partial charge in [-0.05, 0) is 59.7 Å². The first-order valence-corrected chi connectivity index (χ1v) is 10.4. The maximum absolute atomic E-state index is 12.4. The Kier molecular flexibility index (Phi) is 7.91. The van der Waals surface area contributed by atoms with Crippen molar-refractivity contribution in [3.8, 4) is 11.8 Å². The molecule has 1 amide bonds. The summed E-state index contributed by atoms with van der Waals surface area (Å²) < 4.78 is 5.67. The van der Waals surface area contributed by atoms with E-state index in [0.29, 0.717) is 21.8 Å². The second-order valence-corrected chi connectivity index (χ2v) is 7.91. The molecule has 0 spiro atoms. The van der Waals surface area contributed by atoms with E-state index in [1.807, 2.05) is 6.07 Å². The highest BCUT2D eigenvalue weighted by atomic mass is 35.5. The molecule has 0 aliphatic rings. The van der Waals surface area contributed by atoms with Gasteiger partial charge in [0.05, 0.1) is 15.0 Å². The fourth-order valence-electron chi connectivity index (χ4n) is 2.75. The molecule has 0 aromatic heterocycles. The maximum atomic E-state index is 12.4. The van der Waals surface area contributed by atoms with Gasteiger partial charge in [0.1, 0.15) is 18.2 Å². The molecule has 0 radical (unpaired) electrons. The Morgan fingerprint density at radius 1 is 1.09 bits per heavy atom. The molecule has 0 saturated carbocycles. The van der Waals surface area contributed by atoms with Gasteiger partial charge in [-0.1, -0.05) is 40.9 Å². The van der Waals surface area contributed by atoms with E-state index in [9.17, 15) is 20.2 Å². The summed E-state index contributed by atoms with van der Waals surface area (Å²) in [6.45, 7) is 0.0815. The van der Waals surface area contributed by atoms with Gasteiger partial charge >= 0.3 is 0 Å². The predicted molar refractivity (Wildman–Crippen MR) is 128 cm³/mol. The van der Waals surface area contributed by atoms with Gasteiger partial charge in [-0.3, -0.25) is 14.9 Å². The first-order valence-electron chi connectivity index (χ1n) is 9.30. The molecule has 0 heterocycles. The van der Waals surface area contributed by atoms with Gasteiger partial charge in [0.15, 0.2) is 5.75 Å². The van der Waals surface area contributed by atoms with Crippen molar-refractivity contribution in [1.82, 2.24) is 0 Å². The fraction of sp³-hybridized carbons (Fsp3) is 0.0435. The number of anilines is 1. The third kappa shape index (κ3) is 6.46. The smallest absolute Gasteiger partial charge is 0.269 e. The van der Waals surface area contributed by atoms with E-state index < -0.39 is 10.8 Å². The number of rotatable bonds is 7. The van der Waals surface area contributed by atoms with E-state index >= 15 is 0 Å². The molecule has 33 heavy (non-hydrogen) atoms. The Morgan fingerprint density at radius 2 is 1.76 bits per heavy atom. The van der Waals surface area contributed by atoms with Crippen LogP contribution >= 0.6 is 34.8 Å². The highest BCUT2D eigenvalue weighted by Gasteiger charge is 2.14. The van der Waals surface area contributed by atoms with Crippen LogP contribution < -0.4 is 10.1 Å². The highest BCUT2D eigenvalue weighted by Crippen LogP contribution is 2.35. The molecule has 0 saturated heterocycles. The molecule has 0 aliphatic carbocycles. The fourth-order valence-corrected chi connectivity index (χ4v) is 3.55. The molecule has 7 nitrogen and oxygen atoms in total. The van der Waals surface area contributed by atoms with Crippen molar-refractivity contribution in [2.24, 2.45) is 0 Å². The van der Waals surface area contributed by atoms with Crippen LogP contribution in [-0.4, -0.2) is 10.8 Å². The average molecular weight is 503 g/mol. The van der Waals surface area contributed by atoms with Crippen molar-refractivity contribution in [2.75, 3.05) is 5.32 Å². The van der Waals surface area contributed by atoms with Crippen LogP contribution in [0.2, 0.25) is 15.1 Å². The van der Waals surface area contributed by atoms with E-state index in [1.54, 1.807) is 36.4 Å². The van der Waals surface area contributed by atoms with Crippen molar-refractivity contribution >= 4 is 58.2 Å². The Bertz CT molecular complexity index is 1260. The minimum Gasteiger partial charge on any atom is -0.486 e. The molecule has 0 atom stereocenters. The zero-order valence-electron chi connectivity index (χ0n) is 16.7. The summed E-state index contributed by atoms with van der Waals surface area (Å²) in [5.41, 5.74) is 1.35. The molecule has 3 aromatic rings. The van der Waals surface area contributed by atoms with Gasteiger partial charge in [-0.15, -0.1) is 0 Å². The minimum atomic E-state index is -0.620. The lowest BCUT2D eigenvalue weighted by molar-refractivity contribution is -0.384. The first kappa shape index (κ1) is 24.1. The largest absolute Gasteiger partial charge is 0.486 e. The van der Waals surface area contributed by atoms with E-state index in [2.05, 4.69) is 5.32 Å². The SMILES string of the molecule is N#C/C(=C\c1cc(Cl)c(OCc2ccc([N+](=O)[O-])cc2)c(Cl)c1)C(=O)Nc1cccc(Cl)c1. The van der Waals surface area contributed by atoms with Crippen molar-refractivity contribution in [2.45, 2.75) is 6.61 Å². The summed E-state index contributed by atoms with van der Waals surface area (Å²) in [4.78, 5) is 22.7. The maximum Gasteiger partial charge on any atom is 0.269 e. The van der Waals surface area contributed by atoms with Crippen LogP contribution in [0.25, 0.3) is 6.08 Å². The number of benzene rings is 3. The number of nitro benzene ring substituents is 1. The Balaban J connectivity index is 1.75. The number of non-ortho nitro benzene ring substituents is 1. The number of halogens is 3. The molecule has 1 N–H and O–H groups in total. The molecule has 10 heteroatoms. The minimum absolute atomic E-state index is 0.0290. The van der Waals surface area contributed by atoms with Crippen LogP contribution in [0.5, 0.6) is 5.75 Å². The van der Waals surface area contributed by atoms with Gasteiger partial charge < -0.3 is 10.1 Å². The number of hydrogen-bond acceptors (Lipinski definition) is 5. The quantitative estimate of drug-likeness (QED) is 0.168. The van der Waals surface area contributed by atoms with Gasteiger partial charge in [0, 0.05) is 22.8 Å². The molecule has 3 aromatic carbocycles. The molecular weight excluding hydrogens is 489 g/mol. The number of carbonyl (C=O) groups is 1. The number of ether oxygens (including phenoxy) is 1. The number of nitriles is 1. The molecule has 166 valence electrons. The Labute approximate surface area is 203 Å². The van der Waals surface area contributed by atoms with Crippen LogP contribution in [0, 0.1) is 21.4 Å². The van der Waals surface area contributed by atoms with Crippen molar-refractivity contribution in [3.05, 3.63) is 103 Å². The second-order valence-electron chi connectivity index (χ2n) is 6.66. The van der Waals surface area contributed by atoms with Crippen molar-refractivity contribution < 1.29 is 14.5 Å². The molecule has 0 bridgehead atoms. The highest BCUT2D eigenvalue weighted by molar-refractivity contribution is 6.37. The monoisotopic (exact) mass is 501 g/mol. The van der Waals surface area contributed by atoms with E-state index in [1.165, 1.54) is 30.3 Å². The van der Waals surface area contributed by atoms with Crippen LogP contribution in [0.1, 0.15) is 11.1 Å². The third-order valence-corrected chi connectivity index (χ3v) is 5.11. The normalized spacial score (nSPS) is 10.9. The van der Waals surface area contributed by atoms with Crippen molar-refractivity contribution in [3.63, 3.8) is 0 Å². The lowest BCUT2D eigenvalue weighted by Gasteiger charge is -2.11. The van der Waals surface area contributed by atoms with Gasteiger partial charge in [-0.25, -0.2) is 0 Å². The van der Waals surface area contributed by atoms with Crippen LogP contribution in [0.15, 0.2) is 66.2 Å². The summed E-state index contributed by atoms with van der Waals surface area (Å²) in [7, 11) is 0. The number of nitro groups is 1. The zero-order chi connectivity index (χ0) is 24.0. The lowest BCUT2D eigenvalue weighted by atomic mass is 10.1. The number of nitrogens with zero attached hydrogens (tertiary/aromatic N) is 2. The zero-order valence-corrected chi connectivity index (χ0v) is 19.0. The summed E-state index contributed by atoms with van der Waals surface area (Å²) in [6.07, 6.45) is 1.34. The number of nitrogens with one attached hydrogen (secondary N) is 1. The molecule has 3 rings (SSSR count). The Hall–Kier alpha value is -3.57. The van der Waals surface area contributed by atoms with Crippen LogP contribution in [0.3, 0.4) is 0 Å². The van der Waals surface area contributed by atoms with Crippen LogP contribution in [-0.2, 0) is 11.4 Å². The third-order valence-electron chi connectivity index (χ3n) is 4.31. The number of carbonyl (C=O) groups excluding carboxylic acids is 1. The number of amides is 1. The van der Waals surface area contributed by atoms with Gasteiger partial charge in [0.2, 0.25) is 0 Å². The van der Waals surface area contributed by atoms with Gasteiger partial charge in [0.25, 0.3) is 11.6 Å². The topological polar surface area (TPSA) is 105 Å². The van der Waals surface area contributed by atoms with Gasteiger partial charge in [-0.2, -0.15) is 5.26 Å². The van der Waals surface area contributed by atoms with E-state index in [4.69, 9.17) is 39.5 Å². The lowest BCUT2D eigenvalue weighted by Crippen LogP contribution is -2.13. The first-order chi connectivity index (χ1) is 15.8. The molecule has 0 aliphatic heterocycles.